The number of benzene rings is 3. The van der Waals surface area contributed by atoms with E-state index >= 15 is 9.59 Å². The van der Waals surface area contributed by atoms with Gasteiger partial charge in [0.25, 0.3) is 5.91 Å². The van der Waals surface area contributed by atoms with Crippen LogP contribution in [-0.4, -0.2) is 90.4 Å². The summed E-state index contributed by atoms with van der Waals surface area (Å²) in [6.07, 6.45) is 5.95. The summed E-state index contributed by atoms with van der Waals surface area (Å²) >= 11 is 6.81. The van der Waals surface area contributed by atoms with Crippen LogP contribution >= 0.6 is 11.6 Å². The van der Waals surface area contributed by atoms with E-state index in [1.807, 2.05) is 67.6 Å². The van der Waals surface area contributed by atoms with E-state index in [0.717, 1.165) is 11.1 Å². The Kier molecular flexibility index (Phi) is 11.0. The standard InChI is InChI=1S/C42H44ClN3O8/c1-26-13-12-18-30(43)36(26)45-22-11-5-10-19-33(48)44-31(25-52-2)37(28-16-8-4-9-17-28)53-41(51)34-32-20-21-42(54-32)35(34)39(49)46(38(42)40(45)50)29(24-47)23-27-14-6-3-7-15-27/h3-9,11-18,20-21,29,31-32,34-35,37-38,47H,10,19,22-25H2,1-2H3,(H,44,48)/b11-5-/t29-,31+,32-,34+,35+,37+,38-,42+/m1/s1. The summed E-state index contributed by atoms with van der Waals surface area (Å²) < 4.78 is 18.5. The van der Waals surface area contributed by atoms with E-state index in [1.165, 1.54) is 16.9 Å². The molecule has 3 aromatic carbocycles. The zero-order valence-electron chi connectivity index (χ0n) is 30.2. The highest BCUT2D eigenvalue weighted by atomic mass is 35.5. The van der Waals surface area contributed by atoms with E-state index in [-0.39, 0.29) is 31.9 Å². The van der Waals surface area contributed by atoms with Crippen molar-refractivity contribution in [1.82, 2.24) is 10.2 Å². The fraction of sp³-hybridized carbons (Fsp3) is 0.381. The van der Waals surface area contributed by atoms with Crippen molar-refractivity contribution in [3.63, 3.8) is 0 Å². The molecule has 54 heavy (non-hydrogen) atoms. The van der Waals surface area contributed by atoms with Gasteiger partial charge in [-0.1, -0.05) is 109 Å². The number of nitrogens with zero attached hydrogens (tertiary/aromatic N) is 2. The van der Waals surface area contributed by atoms with Gasteiger partial charge in [0.05, 0.1) is 48.0 Å². The number of para-hydroxylation sites is 1. The molecule has 0 radical (unpaired) electrons. The number of rotatable bonds is 8. The fourth-order valence-electron chi connectivity index (χ4n) is 8.50. The minimum Gasteiger partial charge on any atom is -0.455 e. The Hall–Kier alpha value is -4.81. The molecule has 0 aliphatic carbocycles. The molecule has 4 heterocycles. The van der Waals surface area contributed by atoms with E-state index in [1.54, 1.807) is 42.5 Å². The number of halogens is 1. The molecule has 7 rings (SSSR count). The number of likely N-dealkylation sites (tertiary alicyclic amines) is 1. The average molecular weight is 754 g/mol. The van der Waals surface area contributed by atoms with Crippen LogP contribution in [0.25, 0.3) is 0 Å². The van der Waals surface area contributed by atoms with Gasteiger partial charge in [-0.25, -0.2) is 0 Å². The zero-order valence-corrected chi connectivity index (χ0v) is 30.9. The molecule has 282 valence electrons. The van der Waals surface area contributed by atoms with Crippen LogP contribution < -0.4 is 10.2 Å². The van der Waals surface area contributed by atoms with Gasteiger partial charge in [-0.05, 0) is 42.5 Å². The molecule has 2 N–H and O–H groups in total. The summed E-state index contributed by atoms with van der Waals surface area (Å²) in [7, 11) is 1.50. The van der Waals surface area contributed by atoms with Gasteiger partial charge in [0.15, 0.2) is 0 Å². The molecule has 5 bridgehead atoms. The Balaban J connectivity index is 1.37. The van der Waals surface area contributed by atoms with Crippen LogP contribution in [0, 0.1) is 18.8 Å². The SMILES string of the molecule is COC[C@@H]1NC(=O)CC/C=C\CN(c2c(C)cccc2Cl)C(=O)[C@H]2N([C@@H](CO)Cc3ccccc3)C(=O)[C@@H]3[C@@H](C(=O)O[C@H]1c1ccccc1)[C@H]1C=C[C@]32O1. The van der Waals surface area contributed by atoms with Crippen molar-refractivity contribution in [3.8, 4) is 0 Å². The van der Waals surface area contributed by atoms with Gasteiger partial charge >= 0.3 is 5.97 Å². The number of hydrogen-bond donors (Lipinski definition) is 2. The van der Waals surface area contributed by atoms with Crippen LogP contribution in [0.3, 0.4) is 0 Å². The Morgan fingerprint density at radius 3 is 2.43 bits per heavy atom. The van der Waals surface area contributed by atoms with Crippen molar-refractivity contribution >= 4 is 41.0 Å². The largest absolute Gasteiger partial charge is 0.455 e. The number of hydrogen-bond acceptors (Lipinski definition) is 8. The third-order valence-corrected chi connectivity index (χ3v) is 11.2. The van der Waals surface area contributed by atoms with E-state index in [2.05, 4.69) is 5.32 Å². The lowest BCUT2D eigenvalue weighted by atomic mass is 9.74. The molecule has 8 atom stereocenters. The van der Waals surface area contributed by atoms with Gasteiger partial charge < -0.3 is 34.4 Å². The molecule has 3 amide bonds. The summed E-state index contributed by atoms with van der Waals surface area (Å²) in [5, 5.41) is 14.3. The summed E-state index contributed by atoms with van der Waals surface area (Å²) in [5.74, 6) is -4.25. The predicted octanol–water partition coefficient (Wildman–Crippen LogP) is 4.50. The quantitative estimate of drug-likeness (QED) is 0.254. The van der Waals surface area contributed by atoms with Crippen molar-refractivity contribution in [3.05, 3.63) is 125 Å². The lowest BCUT2D eigenvalue weighted by Gasteiger charge is -2.39. The molecule has 4 aliphatic rings. The number of allylic oxidation sites excluding steroid dienone is 1. The van der Waals surface area contributed by atoms with Gasteiger partial charge in [0, 0.05) is 20.1 Å². The molecule has 4 aliphatic heterocycles. The lowest BCUT2D eigenvalue weighted by Crippen LogP contribution is -2.59. The predicted molar refractivity (Wildman–Crippen MR) is 201 cm³/mol. The number of amides is 3. The first-order valence-corrected chi connectivity index (χ1v) is 18.7. The normalized spacial score (nSPS) is 29.6. The summed E-state index contributed by atoms with van der Waals surface area (Å²) in [6, 6.07) is 20.9. The fourth-order valence-corrected chi connectivity index (χ4v) is 8.82. The van der Waals surface area contributed by atoms with Crippen molar-refractivity contribution in [1.29, 1.82) is 0 Å². The highest BCUT2D eigenvalue weighted by Gasteiger charge is 2.74. The minimum absolute atomic E-state index is 0.0411. The highest BCUT2D eigenvalue weighted by molar-refractivity contribution is 6.34. The number of methoxy groups -OCH3 is 1. The number of nitrogens with one attached hydrogen (secondary N) is 1. The number of aliphatic hydroxyl groups excluding tert-OH is 1. The molecular formula is C42H44ClN3O8. The van der Waals surface area contributed by atoms with E-state index in [9.17, 15) is 14.7 Å². The van der Waals surface area contributed by atoms with Gasteiger partial charge in [-0.2, -0.15) is 0 Å². The molecule has 0 saturated carbocycles. The molecule has 2 fully saturated rings. The maximum Gasteiger partial charge on any atom is 0.313 e. The molecule has 0 aromatic heterocycles. The number of aliphatic hydroxyl groups is 1. The van der Waals surface area contributed by atoms with Crippen molar-refractivity contribution in [2.45, 2.75) is 62.1 Å². The first kappa shape index (κ1) is 37.5. The van der Waals surface area contributed by atoms with E-state index in [4.69, 9.17) is 25.8 Å². The molecule has 3 aromatic rings. The van der Waals surface area contributed by atoms with E-state index in [0.29, 0.717) is 22.7 Å². The number of aryl methyl sites for hydroxylation is 1. The topological polar surface area (TPSA) is 135 Å². The number of carbonyl (C=O) groups is 4. The zero-order chi connectivity index (χ0) is 38.0. The van der Waals surface area contributed by atoms with Crippen LogP contribution in [-0.2, 0) is 39.8 Å². The van der Waals surface area contributed by atoms with Gasteiger partial charge in [0.1, 0.15) is 23.7 Å². The molecule has 12 heteroatoms. The second-order valence-electron chi connectivity index (χ2n) is 14.2. The first-order chi connectivity index (χ1) is 26.2. The monoisotopic (exact) mass is 753 g/mol. The third-order valence-electron chi connectivity index (χ3n) is 10.9. The second kappa shape index (κ2) is 15.9. The smallest absolute Gasteiger partial charge is 0.313 e. The van der Waals surface area contributed by atoms with Crippen LogP contribution in [0.5, 0.6) is 0 Å². The summed E-state index contributed by atoms with van der Waals surface area (Å²) in [6.45, 7) is 1.50. The Morgan fingerprint density at radius 2 is 1.72 bits per heavy atom. The number of cyclic esters (lactones) is 1. The molecule has 0 unspecified atom stereocenters. The molecule has 11 nitrogen and oxygen atoms in total. The maximum atomic E-state index is 15.4. The van der Waals surface area contributed by atoms with Gasteiger partial charge in [0.2, 0.25) is 11.8 Å². The Morgan fingerprint density at radius 1 is 0.981 bits per heavy atom. The third kappa shape index (κ3) is 6.86. The molecule has 1 spiro atoms. The van der Waals surface area contributed by atoms with Crippen LogP contribution in [0.1, 0.15) is 35.6 Å². The summed E-state index contributed by atoms with van der Waals surface area (Å²) in [5.41, 5.74) is 1.12. The number of carbonyl (C=O) groups excluding carboxylic acids is 4. The van der Waals surface area contributed by atoms with Crippen molar-refractivity contribution < 1.29 is 38.5 Å². The second-order valence-corrected chi connectivity index (χ2v) is 14.6. The van der Waals surface area contributed by atoms with Crippen molar-refractivity contribution in [2.75, 3.05) is 31.8 Å². The first-order valence-electron chi connectivity index (χ1n) is 18.3. The van der Waals surface area contributed by atoms with Crippen LogP contribution in [0.15, 0.2) is 103 Å². The molecular weight excluding hydrogens is 710 g/mol. The number of ether oxygens (including phenoxy) is 3. The van der Waals surface area contributed by atoms with Crippen LogP contribution in [0.2, 0.25) is 5.02 Å². The lowest BCUT2D eigenvalue weighted by molar-refractivity contribution is -0.162. The van der Waals surface area contributed by atoms with Crippen LogP contribution in [0.4, 0.5) is 5.69 Å². The van der Waals surface area contributed by atoms with Crippen molar-refractivity contribution in [2.24, 2.45) is 11.8 Å². The Bertz CT molecular complexity index is 1920. The van der Waals surface area contributed by atoms with Gasteiger partial charge in [-0.15, -0.1) is 0 Å². The number of anilines is 1. The number of esters is 1. The highest BCUT2D eigenvalue weighted by Crippen LogP contribution is 2.56. The maximum absolute atomic E-state index is 15.4. The van der Waals surface area contributed by atoms with E-state index < -0.39 is 72.2 Å². The minimum atomic E-state index is -1.56. The Labute approximate surface area is 319 Å². The number of fused-ring (bicyclic) bond motifs is 2. The average Bonchev–Trinajstić information content (AvgIpc) is 3.82. The summed E-state index contributed by atoms with van der Waals surface area (Å²) in [4.78, 5) is 61.3. The molecule has 2 saturated heterocycles. The van der Waals surface area contributed by atoms with Gasteiger partial charge in [-0.3, -0.25) is 19.2 Å².